The summed E-state index contributed by atoms with van der Waals surface area (Å²) >= 11 is 5.97. The largest absolute Gasteiger partial charge is 0.481 e. The highest BCUT2D eigenvalue weighted by Gasteiger charge is 2.51. The highest BCUT2D eigenvalue weighted by Crippen LogP contribution is 2.48. The smallest absolute Gasteiger partial charge is 0.307 e. The van der Waals surface area contributed by atoms with Gasteiger partial charge in [0.1, 0.15) is 0 Å². The number of aliphatic carboxylic acids is 1. The monoisotopic (exact) mass is 319 g/mol. The van der Waals surface area contributed by atoms with Gasteiger partial charge in [-0.25, -0.2) is 0 Å². The Morgan fingerprint density at radius 2 is 1.95 bits per heavy atom. The molecule has 1 aromatic rings. The molecule has 1 fully saturated rings. The van der Waals surface area contributed by atoms with E-state index in [1.54, 1.807) is 6.07 Å². The first-order valence-corrected chi connectivity index (χ1v) is 7.82. The predicted octanol–water partition coefficient (Wildman–Crippen LogP) is 3.04. The summed E-state index contributed by atoms with van der Waals surface area (Å²) in [5, 5.41) is 13.0. The van der Waals surface area contributed by atoms with Gasteiger partial charge in [0.25, 0.3) is 0 Å². The molecule has 1 amide bonds. The maximum Gasteiger partial charge on any atom is 0.307 e. The van der Waals surface area contributed by atoms with Gasteiger partial charge in [0, 0.05) is 5.02 Å². The first-order chi connectivity index (χ1) is 10.5. The zero-order valence-electron chi connectivity index (χ0n) is 12.2. The van der Waals surface area contributed by atoms with Crippen LogP contribution in [0, 0.1) is 23.7 Å². The Morgan fingerprint density at radius 1 is 1.27 bits per heavy atom. The van der Waals surface area contributed by atoms with Crippen molar-refractivity contribution in [2.24, 2.45) is 23.7 Å². The van der Waals surface area contributed by atoms with Crippen LogP contribution in [0.25, 0.3) is 0 Å². The third-order valence-electron chi connectivity index (χ3n) is 4.75. The molecule has 2 aliphatic carbocycles. The predicted molar refractivity (Wildman–Crippen MR) is 83.4 cm³/mol. The number of amides is 1. The quantitative estimate of drug-likeness (QED) is 0.838. The van der Waals surface area contributed by atoms with Gasteiger partial charge < -0.3 is 10.4 Å². The summed E-state index contributed by atoms with van der Waals surface area (Å²) in [5.74, 6) is -2.13. The number of benzene rings is 1. The number of nitrogens with one attached hydrogen (secondary N) is 1. The van der Waals surface area contributed by atoms with Gasteiger partial charge >= 0.3 is 5.97 Å². The number of carboxylic acids is 1. The SMILES string of the molecule is CC(NC(=O)C1C2C=CC(C2)C1C(=O)O)c1cccc(Cl)c1. The summed E-state index contributed by atoms with van der Waals surface area (Å²) in [4.78, 5) is 24.1. The van der Waals surface area contributed by atoms with E-state index in [-0.39, 0.29) is 23.8 Å². The molecule has 3 rings (SSSR count). The van der Waals surface area contributed by atoms with Crippen molar-refractivity contribution >= 4 is 23.5 Å². The molecule has 5 unspecified atom stereocenters. The summed E-state index contributed by atoms with van der Waals surface area (Å²) in [7, 11) is 0. The van der Waals surface area contributed by atoms with Gasteiger partial charge in [0.2, 0.25) is 5.91 Å². The molecular formula is C17H18ClNO3. The molecule has 0 spiro atoms. The highest BCUT2D eigenvalue weighted by atomic mass is 35.5. The van der Waals surface area contributed by atoms with E-state index >= 15 is 0 Å². The zero-order valence-corrected chi connectivity index (χ0v) is 13.0. The lowest BCUT2D eigenvalue weighted by molar-refractivity contribution is -0.148. The fourth-order valence-corrected chi connectivity index (χ4v) is 3.88. The summed E-state index contributed by atoms with van der Waals surface area (Å²) in [6.07, 6.45) is 4.69. The molecule has 5 atom stereocenters. The maximum absolute atomic E-state index is 12.6. The second-order valence-corrected chi connectivity index (χ2v) is 6.56. The van der Waals surface area contributed by atoms with Crippen LogP contribution in [0.2, 0.25) is 5.02 Å². The first-order valence-electron chi connectivity index (χ1n) is 7.44. The molecule has 0 aliphatic heterocycles. The second kappa shape index (κ2) is 5.76. The minimum Gasteiger partial charge on any atom is -0.481 e. The Kier molecular flexibility index (Phi) is 3.96. The van der Waals surface area contributed by atoms with E-state index in [1.807, 2.05) is 37.3 Å². The number of carbonyl (C=O) groups excluding carboxylic acids is 1. The summed E-state index contributed by atoms with van der Waals surface area (Å²) < 4.78 is 0. The normalized spacial score (nSPS) is 30.3. The molecule has 0 heterocycles. The van der Waals surface area contributed by atoms with Crippen LogP contribution in [0.5, 0.6) is 0 Å². The van der Waals surface area contributed by atoms with Crippen LogP contribution in [0.15, 0.2) is 36.4 Å². The summed E-state index contributed by atoms with van der Waals surface area (Å²) in [5.41, 5.74) is 0.909. The van der Waals surface area contributed by atoms with Gasteiger partial charge in [0.05, 0.1) is 17.9 Å². The minimum absolute atomic E-state index is 0.0141. The molecule has 0 saturated heterocycles. The van der Waals surface area contributed by atoms with Gasteiger partial charge in [-0.3, -0.25) is 9.59 Å². The summed E-state index contributed by atoms with van der Waals surface area (Å²) in [6, 6.07) is 7.11. The molecule has 0 aromatic heterocycles. The molecule has 2 N–H and O–H groups in total. The van der Waals surface area contributed by atoms with Gasteiger partial charge in [-0.05, 0) is 42.9 Å². The maximum atomic E-state index is 12.6. The molecule has 2 bridgehead atoms. The van der Waals surface area contributed by atoms with Crippen molar-refractivity contribution in [3.8, 4) is 0 Å². The first kappa shape index (κ1) is 15.1. The number of halogens is 1. The second-order valence-electron chi connectivity index (χ2n) is 6.12. The van der Waals surface area contributed by atoms with Crippen molar-refractivity contribution < 1.29 is 14.7 Å². The van der Waals surface area contributed by atoms with Gasteiger partial charge in [-0.15, -0.1) is 0 Å². The van der Waals surface area contributed by atoms with Gasteiger partial charge in [0.15, 0.2) is 0 Å². The fraction of sp³-hybridized carbons (Fsp3) is 0.412. The topological polar surface area (TPSA) is 66.4 Å². The lowest BCUT2D eigenvalue weighted by atomic mass is 9.82. The van der Waals surface area contributed by atoms with Gasteiger partial charge in [-0.1, -0.05) is 35.9 Å². The van der Waals surface area contributed by atoms with E-state index < -0.39 is 17.8 Å². The van der Waals surface area contributed by atoms with Crippen LogP contribution in [0.3, 0.4) is 0 Å². The Hall–Kier alpha value is -1.81. The van der Waals surface area contributed by atoms with Crippen molar-refractivity contribution in [3.05, 3.63) is 47.0 Å². The van der Waals surface area contributed by atoms with Crippen molar-refractivity contribution in [1.29, 1.82) is 0 Å². The lowest BCUT2D eigenvalue weighted by Gasteiger charge is -2.26. The molecule has 4 nitrogen and oxygen atoms in total. The minimum atomic E-state index is -0.882. The van der Waals surface area contributed by atoms with E-state index in [9.17, 15) is 14.7 Å². The van der Waals surface area contributed by atoms with Crippen LogP contribution < -0.4 is 5.32 Å². The van der Waals surface area contributed by atoms with E-state index in [0.29, 0.717) is 5.02 Å². The number of carboxylic acid groups (broad SMARTS) is 1. The Bertz CT molecular complexity index is 643. The van der Waals surface area contributed by atoms with Crippen LogP contribution in [0.4, 0.5) is 0 Å². The molecule has 0 radical (unpaired) electrons. The third kappa shape index (κ3) is 2.63. The Balaban J connectivity index is 1.74. The number of rotatable bonds is 4. The molecule has 2 aliphatic rings. The van der Waals surface area contributed by atoms with Crippen molar-refractivity contribution in [2.75, 3.05) is 0 Å². The Labute approximate surface area is 134 Å². The molecular weight excluding hydrogens is 302 g/mol. The van der Waals surface area contributed by atoms with Crippen molar-refractivity contribution in [1.82, 2.24) is 5.32 Å². The molecule has 1 saturated carbocycles. The van der Waals surface area contributed by atoms with Crippen LogP contribution >= 0.6 is 11.6 Å². The van der Waals surface area contributed by atoms with Crippen LogP contribution in [0.1, 0.15) is 24.9 Å². The van der Waals surface area contributed by atoms with Crippen molar-refractivity contribution in [3.63, 3.8) is 0 Å². The van der Waals surface area contributed by atoms with E-state index in [0.717, 1.165) is 12.0 Å². The third-order valence-corrected chi connectivity index (χ3v) is 4.99. The zero-order chi connectivity index (χ0) is 15.9. The van der Waals surface area contributed by atoms with Gasteiger partial charge in [-0.2, -0.15) is 0 Å². The van der Waals surface area contributed by atoms with Crippen molar-refractivity contribution in [2.45, 2.75) is 19.4 Å². The van der Waals surface area contributed by atoms with Crippen LogP contribution in [-0.2, 0) is 9.59 Å². The van der Waals surface area contributed by atoms with E-state index in [1.165, 1.54) is 0 Å². The molecule has 5 heteroatoms. The average Bonchev–Trinajstić information content (AvgIpc) is 3.07. The molecule has 1 aromatic carbocycles. The number of allylic oxidation sites excluding steroid dienone is 2. The highest BCUT2D eigenvalue weighted by molar-refractivity contribution is 6.30. The molecule has 116 valence electrons. The fourth-order valence-electron chi connectivity index (χ4n) is 3.69. The average molecular weight is 320 g/mol. The lowest BCUT2D eigenvalue weighted by Crippen LogP contribution is -2.41. The summed E-state index contributed by atoms with van der Waals surface area (Å²) in [6.45, 7) is 1.88. The molecule has 22 heavy (non-hydrogen) atoms. The van der Waals surface area contributed by atoms with E-state index in [4.69, 9.17) is 11.6 Å². The van der Waals surface area contributed by atoms with E-state index in [2.05, 4.69) is 5.32 Å². The van der Waals surface area contributed by atoms with Crippen LogP contribution in [-0.4, -0.2) is 17.0 Å². The Morgan fingerprint density at radius 3 is 2.59 bits per heavy atom. The standard InChI is InChI=1S/C17H18ClNO3/c1-9(10-3-2-4-13(18)8-10)19-16(20)14-11-5-6-12(7-11)15(14)17(21)22/h2-6,8-9,11-12,14-15H,7H2,1H3,(H,19,20)(H,21,22). The number of carbonyl (C=O) groups is 2. The number of hydrogen-bond donors (Lipinski definition) is 2. The number of hydrogen-bond acceptors (Lipinski definition) is 2. The number of fused-ring (bicyclic) bond motifs is 2.